The van der Waals surface area contributed by atoms with Gasteiger partial charge in [-0.3, -0.25) is 0 Å². The molecular weight excluding hydrogens is 258 g/mol. The molecule has 0 spiro atoms. The Balaban J connectivity index is 1.90. The molecule has 2 heteroatoms. The third kappa shape index (κ3) is 3.11. The first-order valence-corrected chi connectivity index (χ1v) is 7.81. The van der Waals surface area contributed by atoms with Crippen LogP contribution in [0.25, 0.3) is 0 Å². The molecule has 1 aliphatic rings. The van der Waals surface area contributed by atoms with E-state index in [1.165, 1.54) is 22.3 Å². The normalized spacial score (nSPS) is 14.6. The molecular formula is C19H23NO. The summed E-state index contributed by atoms with van der Waals surface area (Å²) < 4.78 is 5.88. The van der Waals surface area contributed by atoms with Gasteiger partial charge in [0.05, 0.1) is 6.61 Å². The number of likely N-dealkylation sites (N-methyl/N-ethyl adjacent to an activating group) is 1. The zero-order chi connectivity index (χ0) is 14.7. The number of rotatable bonds is 5. The molecule has 1 aliphatic heterocycles. The Bertz CT molecular complexity index is 621. The van der Waals surface area contributed by atoms with Crippen LogP contribution in [0.3, 0.4) is 0 Å². The minimum absolute atomic E-state index is 0.310. The van der Waals surface area contributed by atoms with E-state index in [4.69, 9.17) is 4.74 Å². The molecule has 0 aromatic heterocycles. The molecule has 1 N–H and O–H groups in total. The van der Waals surface area contributed by atoms with Gasteiger partial charge in [0.15, 0.2) is 0 Å². The lowest BCUT2D eigenvalue weighted by Gasteiger charge is -2.21. The molecule has 2 aromatic rings. The van der Waals surface area contributed by atoms with E-state index >= 15 is 0 Å². The average Bonchev–Trinajstić information content (AvgIpc) is 2.95. The van der Waals surface area contributed by atoms with Gasteiger partial charge in [-0.1, -0.05) is 55.0 Å². The summed E-state index contributed by atoms with van der Waals surface area (Å²) in [4.78, 5) is 0. The molecule has 0 saturated carbocycles. The van der Waals surface area contributed by atoms with Crippen molar-refractivity contribution < 1.29 is 4.74 Å². The molecule has 0 fully saturated rings. The Morgan fingerprint density at radius 3 is 2.86 bits per heavy atom. The fraction of sp³-hybridized carbons (Fsp3) is 0.368. The highest BCUT2D eigenvalue weighted by Gasteiger charge is 2.21. The highest BCUT2D eigenvalue weighted by Crippen LogP contribution is 2.34. The average molecular weight is 281 g/mol. The predicted molar refractivity (Wildman–Crippen MR) is 86.9 cm³/mol. The van der Waals surface area contributed by atoms with Crippen LogP contribution < -0.4 is 10.1 Å². The molecule has 0 bridgehead atoms. The highest BCUT2D eigenvalue weighted by molar-refractivity contribution is 5.46. The second kappa shape index (κ2) is 6.31. The summed E-state index contributed by atoms with van der Waals surface area (Å²) in [6.45, 7) is 6.08. The first-order valence-electron chi connectivity index (χ1n) is 7.81. The first kappa shape index (κ1) is 14.2. The van der Waals surface area contributed by atoms with E-state index in [9.17, 15) is 0 Å². The van der Waals surface area contributed by atoms with Crippen molar-refractivity contribution in [3.63, 3.8) is 0 Å². The van der Waals surface area contributed by atoms with Crippen molar-refractivity contribution in [2.24, 2.45) is 0 Å². The minimum Gasteiger partial charge on any atom is -0.493 e. The maximum atomic E-state index is 5.88. The Hall–Kier alpha value is -1.80. The van der Waals surface area contributed by atoms with Crippen molar-refractivity contribution in [3.8, 4) is 5.75 Å². The summed E-state index contributed by atoms with van der Waals surface area (Å²) in [6, 6.07) is 15.6. The van der Waals surface area contributed by atoms with Crippen LogP contribution >= 0.6 is 0 Å². The van der Waals surface area contributed by atoms with Crippen LogP contribution in [0.4, 0.5) is 0 Å². The van der Waals surface area contributed by atoms with E-state index in [0.29, 0.717) is 6.04 Å². The molecule has 0 saturated heterocycles. The lowest BCUT2D eigenvalue weighted by Crippen LogP contribution is -2.23. The Kier molecular flexibility index (Phi) is 4.26. The number of fused-ring (bicyclic) bond motifs is 1. The third-order valence-electron chi connectivity index (χ3n) is 4.09. The Labute approximate surface area is 127 Å². The van der Waals surface area contributed by atoms with Crippen molar-refractivity contribution in [1.29, 1.82) is 0 Å². The monoisotopic (exact) mass is 281 g/mol. The third-order valence-corrected chi connectivity index (χ3v) is 4.09. The van der Waals surface area contributed by atoms with E-state index in [1.807, 2.05) is 0 Å². The number of ether oxygens (including phenoxy) is 1. The van der Waals surface area contributed by atoms with E-state index in [0.717, 1.165) is 31.7 Å². The van der Waals surface area contributed by atoms with Crippen molar-refractivity contribution in [2.45, 2.75) is 32.7 Å². The topological polar surface area (TPSA) is 21.3 Å². The summed E-state index contributed by atoms with van der Waals surface area (Å²) in [6.07, 6.45) is 2.03. The molecule has 0 amide bonds. The molecule has 1 atom stereocenters. The van der Waals surface area contributed by atoms with Gasteiger partial charge in [0.25, 0.3) is 0 Å². The standard InChI is InChI=1S/C19H23NO/c1-3-20-18(13-15-7-4-6-14(2)12-15)17-9-5-8-16-10-11-21-19(16)17/h4-9,12,18,20H,3,10-11,13H2,1-2H3. The van der Waals surface area contributed by atoms with Gasteiger partial charge < -0.3 is 10.1 Å². The molecule has 0 radical (unpaired) electrons. The van der Waals surface area contributed by atoms with Crippen molar-refractivity contribution >= 4 is 0 Å². The second-order valence-corrected chi connectivity index (χ2v) is 5.74. The van der Waals surface area contributed by atoms with E-state index < -0.39 is 0 Å². The zero-order valence-corrected chi connectivity index (χ0v) is 12.9. The lowest BCUT2D eigenvalue weighted by molar-refractivity contribution is 0.348. The number of hydrogen-bond acceptors (Lipinski definition) is 2. The molecule has 21 heavy (non-hydrogen) atoms. The Morgan fingerprint density at radius 2 is 2.05 bits per heavy atom. The summed E-state index contributed by atoms with van der Waals surface area (Å²) in [7, 11) is 0. The molecule has 0 aliphatic carbocycles. The van der Waals surface area contributed by atoms with Gasteiger partial charge in [-0.15, -0.1) is 0 Å². The van der Waals surface area contributed by atoms with Crippen LogP contribution in [0.5, 0.6) is 5.75 Å². The van der Waals surface area contributed by atoms with Crippen LogP contribution in [-0.2, 0) is 12.8 Å². The molecule has 2 nitrogen and oxygen atoms in total. The molecule has 1 unspecified atom stereocenters. The van der Waals surface area contributed by atoms with Crippen molar-refractivity contribution in [2.75, 3.05) is 13.2 Å². The molecule has 3 rings (SSSR count). The van der Waals surface area contributed by atoms with Gasteiger partial charge in [-0.25, -0.2) is 0 Å². The summed E-state index contributed by atoms with van der Waals surface area (Å²) >= 11 is 0. The predicted octanol–water partition coefficient (Wildman–Crippen LogP) is 3.82. The maximum Gasteiger partial charge on any atom is 0.127 e. The number of benzene rings is 2. The van der Waals surface area contributed by atoms with E-state index in [-0.39, 0.29) is 0 Å². The summed E-state index contributed by atoms with van der Waals surface area (Å²) in [5.74, 6) is 1.11. The highest BCUT2D eigenvalue weighted by atomic mass is 16.5. The minimum atomic E-state index is 0.310. The van der Waals surface area contributed by atoms with Gasteiger partial charge in [0.2, 0.25) is 0 Å². The van der Waals surface area contributed by atoms with Gasteiger partial charge in [-0.2, -0.15) is 0 Å². The number of para-hydroxylation sites is 1. The van der Waals surface area contributed by atoms with Gasteiger partial charge >= 0.3 is 0 Å². The fourth-order valence-electron chi connectivity index (χ4n) is 3.13. The SMILES string of the molecule is CCNC(Cc1cccc(C)c1)c1cccc2c1OCC2. The number of hydrogen-bond donors (Lipinski definition) is 1. The van der Waals surface area contributed by atoms with Crippen LogP contribution in [-0.4, -0.2) is 13.2 Å². The van der Waals surface area contributed by atoms with Crippen LogP contribution in [0.2, 0.25) is 0 Å². The van der Waals surface area contributed by atoms with Crippen LogP contribution in [0.1, 0.15) is 35.2 Å². The van der Waals surface area contributed by atoms with Gasteiger partial charge in [0.1, 0.15) is 5.75 Å². The smallest absolute Gasteiger partial charge is 0.127 e. The molecule has 110 valence electrons. The molecule has 1 heterocycles. The zero-order valence-electron chi connectivity index (χ0n) is 12.9. The number of nitrogens with one attached hydrogen (secondary N) is 1. The van der Waals surface area contributed by atoms with Gasteiger partial charge in [-0.05, 0) is 31.0 Å². The summed E-state index contributed by atoms with van der Waals surface area (Å²) in [5.41, 5.74) is 5.34. The van der Waals surface area contributed by atoms with E-state index in [1.54, 1.807) is 0 Å². The Morgan fingerprint density at radius 1 is 1.19 bits per heavy atom. The lowest BCUT2D eigenvalue weighted by atomic mass is 9.95. The van der Waals surface area contributed by atoms with Crippen LogP contribution in [0, 0.1) is 6.92 Å². The number of aryl methyl sites for hydroxylation is 1. The van der Waals surface area contributed by atoms with Crippen molar-refractivity contribution in [3.05, 3.63) is 64.7 Å². The van der Waals surface area contributed by atoms with Crippen LogP contribution in [0.15, 0.2) is 42.5 Å². The fourth-order valence-corrected chi connectivity index (χ4v) is 3.13. The molecule has 2 aromatic carbocycles. The van der Waals surface area contributed by atoms with Gasteiger partial charge in [0, 0.05) is 18.0 Å². The second-order valence-electron chi connectivity index (χ2n) is 5.74. The first-order chi connectivity index (χ1) is 10.3. The van der Waals surface area contributed by atoms with Crippen molar-refractivity contribution in [1.82, 2.24) is 5.32 Å². The van der Waals surface area contributed by atoms with E-state index in [2.05, 4.69) is 61.6 Å². The largest absolute Gasteiger partial charge is 0.493 e. The summed E-state index contributed by atoms with van der Waals surface area (Å²) in [5, 5.41) is 3.62. The maximum absolute atomic E-state index is 5.88. The quantitative estimate of drug-likeness (QED) is 0.899.